The van der Waals surface area contributed by atoms with Crippen LogP contribution < -0.4 is 9.64 Å². The molecule has 1 fully saturated rings. The molecule has 1 aliphatic heterocycles. The zero-order valence-corrected chi connectivity index (χ0v) is 13.8. The predicted molar refractivity (Wildman–Crippen MR) is 89.7 cm³/mol. The molecule has 0 bridgehead atoms. The average Bonchev–Trinajstić information content (AvgIpc) is 2.62. The van der Waals surface area contributed by atoms with E-state index in [1.807, 2.05) is 12.1 Å². The summed E-state index contributed by atoms with van der Waals surface area (Å²) in [6, 6.07) is 8.46. The van der Waals surface area contributed by atoms with Gasteiger partial charge in [0.1, 0.15) is 18.0 Å². The number of methoxy groups -OCH3 is 1. The maximum absolute atomic E-state index is 13.4. The fourth-order valence-corrected chi connectivity index (χ4v) is 3.30. The van der Waals surface area contributed by atoms with Gasteiger partial charge in [-0.15, -0.1) is 0 Å². The second-order valence-electron chi connectivity index (χ2n) is 6.37. The quantitative estimate of drug-likeness (QED) is 0.912. The molecule has 128 valence electrons. The molecule has 0 aliphatic carbocycles. The van der Waals surface area contributed by atoms with Crippen LogP contribution in [0.5, 0.6) is 5.88 Å². The maximum Gasteiger partial charge on any atom is 0.218 e. The summed E-state index contributed by atoms with van der Waals surface area (Å²) in [5.41, 5.74) is 0.725. The first-order valence-corrected chi connectivity index (χ1v) is 8.10. The summed E-state index contributed by atoms with van der Waals surface area (Å²) < 4.78 is 18.6. The smallest absolute Gasteiger partial charge is 0.218 e. The van der Waals surface area contributed by atoms with E-state index < -0.39 is 0 Å². The molecule has 1 aromatic heterocycles. The number of aliphatic hydroxyl groups excluding tert-OH is 1. The van der Waals surface area contributed by atoms with E-state index in [4.69, 9.17) is 4.74 Å². The van der Waals surface area contributed by atoms with Gasteiger partial charge in [0.15, 0.2) is 0 Å². The number of benzene rings is 1. The summed E-state index contributed by atoms with van der Waals surface area (Å²) in [6.45, 7) is 1.68. The van der Waals surface area contributed by atoms with Crippen molar-refractivity contribution in [1.82, 2.24) is 9.97 Å². The van der Waals surface area contributed by atoms with E-state index in [-0.39, 0.29) is 17.8 Å². The highest BCUT2D eigenvalue weighted by atomic mass is 19.1. The molecule has 0 radical (unpaired) electrons. The summed E-state index contributed by atoms with van der Waals surface area (Å²) in [6.07, 6.45) is 3.83. The first-order chi connectivity index (χ1) is 11.6. The van der Waals surface area contributed by atoms with Gasteiger partial charge in [-0.25, -0.2) is 14.4 Å². The number of hydrogen-bond acceptors (Lipinski definition) is 5. The molecular formula is C18H22FN3O2. The Kier molecular flexibility index (Phi) is 4.94. The minimum atomic E-state index is -0.230. The van der Waals surface area contributed by atoms with Gasteiger partial charge in [-0.05, 0) is 37.0 Å². The minimum Gasteiger partial charge on any atom is -0.481 e. The Hall–Kier alpha value is -2.21. The van der Waals surface area contributed by atoms with Crippen LogP contribution in [-0.2, 0) is 6.42 Å². The fourth-order valence-electron chi connectivity index (χ4n) is 3.30. The molecule has 1 aliphatic rings. The van der Waals surface area contributed by atoms with Gasteiger partial charge in [0.2, 0.25) is 5.88 Å². The fraction of sp³-hybridized carbons (Fsp3) is 0.444. The third-order valence-electron chi connectivity index (χ3n) is 4.79. The van der Waals surface area contributed by atoms with Crippen LogP contribution in [0.3, 0.4) is 0 Å². The van der Waals surface area contributed by atoms with Crippen molar-refractivity contribution in [2.45, 2.75) is 19.3 Å². The number of anilines is 1. The Morgan fingerprint density at radius 2 is 2.04 bits per heavy atom. The molecule has 3 rings (SSSR count). The SMILES string of the molecule is COc1cc(N2CCC(CO)(Cc3cccc(F)c3)CC2)ncn1. The maximum atomic E-state index is 13.4. The van der Waals surface area contributed by atoms with E-state index in [1.54, 1.807) is 19.2 Å². The lowest BCUT2D eigenvalue weighted by Gasteiger charge is -2.41. The molecule has 0 atom stereocenters. The number of aromatic nitrogens is 2. The molecule has 1 N–H and O–H groups in total. The second-order valence-corrected chi connectivity index (χ2v) is 6.37. The highest BCUT2D eigenvalue weighted by Crippen LogP contribution is 2.36. The van der Waals surface area contributed by atoms with Crippen molar-refractivity contribution >= 4 is 5.82 Å². The summed E-state index contributed by atoms with van der Waals surface area (Å²) in [4.78, 5) is 10.5. The number of hydrogen-bond donors (Lipinski definition) is 1. The lowest BCUT2D eigenvalue weighted by atomic mass is 9.74. The molecule has 0 amide bonds. The highest BCUT2D eigenvalue weighted by molar-refractivity contribution is 5.41. The van der Waals surface area contributed by atoms with E-state index in [1.165, 1.54) is 12.4 Å². The van der Waals surface area contributed by atoms with Crippen molar-refractivity contribution in [2.75, 3.05) is 31.7 Å². The van der Waals surface area contributed by atoms with Gasteiger partial charge in [-0.3, -0.25) is 0 Å². The van der Waals surface area contributed by atoms with Gasteiger partial charge in [0.05, 0.1) is 7.11 Å². The summed E-state index contributed by atoms with van der Waals surface area (Å²) in [5, 5.41) is 9.95. The van der Waals surface area contributed by atoms with E-state index >= 15 is 0 Å². The van der Waals surface area contributed by atoms with E-state index in [0.717, 1.165) is 37.3 Å². The van der Waals surface area contributed by atoms with Crippen LogP contribution in [0.25, 0.3) is 0 Å². The molecular weight excluding hydrogens is 309 g/mol. The zero-order valence-electron chi connectivity index (χ0n) is 13.8. The normalized spacial score (nSPS) is 16.9. The standard InChI is InChI=1S/C18H22FN3O2/c1-24-17-10-16(20-13-21-17)22-7-5-18(12-23,6-8-22)11-14-3-2-4-15(19)9-14/h2-4,9-10,13,23H,5-8,11-12H2,1H3. The number of rotatable bonds is 5. The van der Waals surface area contributed by atoms with Crippen LogP contribution in [0, 0.1) is 11.2 Å². The molecule has 0 saturated carbocycles. The molecule has 1 aromatic carbocycles. The molecule has 2 aromatic rings. The Morgan fingerprint density at radius 3 is 2.71 bits per heavy atom. The third kappa shape index (κ3) is 3.64. The summed E-state index contributed by atoms with van der Waals surface area (Å²) in [7, 11) is 1.58. The van der Waals surface area contributed by atoms with Gasteiger partial charge in [0.25, 0.3) is 0 Å². The van der Waals surface area contributed by atoms with Gasteiger partial charge in [-0.2, -0.15) is 0 Å². The number of ether oxygens (including phenoxy) is 1. The Labute approximate surface area is 141 Å². The monoisotopic (exact) mass is 331 g/mol. The molecule has 5 nitrogen and oxygen atoms in total. The van der Waals surface area contributed by atoms with Crippen LogP contribution >= 0.6 is 0 Å². The van der Waals surface area contributed by atoms with Crippen molar-refractivity contribution in [3.63, 3.8) is 0 Å². The van der Waals surface area contributed by atoms with Crippen LogP contribution in [0.1, 0.15) is 18.4 Å². The van der Waals surface area contributed by atoms with Crippen LogP contribution in [0.4, 0.5) is 10.2 Å². The average molecular weight is 331 g/mol. The van der Waals surface area contributed by atoms with Crippen molar-refractivity contribution < 1.29 is 14.2 Å². The first kappa shape index (κ1) is 16.6. The summed E-state index contributed by atoms with van der Waals surface area (Å²) >= 11 is 0. The van der Waals surface area contributed by atoms with Gasteiger partial charge in [-0.1, -0.05) is 12.1 Å². The molecule has 0 unspecified atom stereocenters. The number of nitrogens with zero attached hydrogens (tertiary/aromatic N) is 3. The van der Waals surface area contributed by atoms with Gasteiger partial charge in [0, 0.05) is 31.2 Å². The summed E-state index contributed by atoms with van der Waals surface area (Å²) in [5.74, 6) is 1.14. The van der Waals surface area contributed by atoms with Crippen molar-refractivity contribution in [1.29, 1.82) is 0 Å². The van der Waals surface area contributed by atoms with Crippen molar-refractivity contribution in [3.05, 3.63) is 48.0 Å². The molecule has 24 heavy (non-hydrogen) atoms. The van der Waals surface area contributed by atoms with Crippen molar-refractivity contribution in [3.8, 4) is 5.88 Å². The molecule has 6 heteroatoms. The highest BCUT2D eigenvalue weighted by Gasteiger charge is 2.34. The van der Waals surface area contributed by atoms with Crippen LogP contribution in [0.2, 0.25) is 0 Å². The van der Waals surface area contributed by atoms with E-state index in [2.05, 4.69) is 14.9 Å². The number of aliphatic hydroxyl groups is 1. The third-order valence-corrected chi connectivity index (χ3v) is 4.79. The predicted octanol–water partition coefficient (Wildman–Crippen LogP) is 2.45. The van der Waals surface area contributed by atoms with Gasteiger partial charge < -0.3 is 14.7 Å². The lowest BCUT2D eigenvalue weighted by molar-refractivity contribution is 0.0960. The van der Waals surface area contributed by atoms with Gasteiger partial charge >= 0.3 is 0 Å². The number of halogens is 1. The minimum absolute atomic E-state index is 0.102. The number of piperidine rings is 1. The van der Waals surface area contributed by atoms with Crippen molar-refractivity contribution in [2.24, 2.45) is 5.41 Å². The van der Waals surface area contributed by atoms with E-state index in [0.29, 0.717) is 12.3 Å². The van der Waals surface area contributed by atoms with Crippen LogP contribution in [-0.4, -0.2) is 41.9 Å². The zero-order chi connectivity index (χ0) is 17.0. The Bertz CT molecular complexity index is 687. The first-order valence-electron chi connectivity index (χ1n) is 8.10. The lowest BCUT2D eigenvalue weighted by Crippen LogP contribution is -2.43. The molecule has 0 spiro atoms. The Morgan fingerprint density at radius 1 is 1.25 bits per heavy atom. The topological polar surface area (TPSA) is 58.5 Å². The second kappa shape index (κ2) is 7.13. The molecule has 1 saturated heterocycles. The van der Waals surface area contributed by atoms with E-state index in [9.17, 15) is 9.50 Å². The Balaban J connectivity index is 1.69. The largest absolute Gasteiger partial charge is 0.481 e. The molecule has 2 heterocycles. The van der Waals surface area contributed by atoms with Crippen LogP contribution in [0.15, 0.2) is 36.7 Å².